The first-order valence-corrected chi connectivity index (χ1v) is 21.3. The molecular weight excluding hydrogens is 677 g/mol. The molecule has 1 heterocycles. The summed E-state index contributed by atoms with van der Waals surface area (Å²) in [6.07, 6.45) is 0. The van der Waals surface area contributed by atoms with Gasteiger partial charge in [-0.15, -0.1) is 0 Å². The molecular formula is C39H41Cl2NO2Zr. The van der Waals surface area contributed by atoms with Crippen LogP contribution < -0.4 is 0 Å². The fraction of sp³-hybridized carbons (Fsp3) is 0.256. The minimum absolute atomic E-state index is 0.199. The topological polar surface area (TPSA) is 53.4 Å². The Morgan fingerprint density at radius 2 is 0.844 bits per heavy atom. The van der Waals surface area contributed by atoms with Crippen molar-refractivity contribution in [2.24, 2.45) is 0 Å². The maximum absolute atomic E-state index is 11.5. The molecule has 0 saturated heterocycles. The first-order valence-electron chi connectivity index (χ1n) is 15.0. The minimum atomic E-state index is -0.826. The Morgan fingerprint density at radius 3 is 1.18 bits per heavy atom. The van der Waals surface area contributed by atoms with Crippen LogP contribution in [0.3, 0.4) is 0 Å². The van der Waals surface area contributed by atoms with Gasteiger partial charge in [-0.25, -0.2) is 4.98 Å². The molecule has 0 fully saturated rings. The normalized spacial score (nSPS) is 11.5. The number of hydrogen-bond acceptors (Lipinski definition) is 3. The Bertz CT molecular complexity index is 1690. The monoisotopic (exact) mass is 715 g/mol. The molecule has 5 rings (SSSR count). The van der Waals surface area contributed by atoms with Gasteiger partial charge in [0.25, 0.3) is 0 Å². The summed E-state index contributed by atoms with van der Waals surface area (Å²) in [7, 11) is 9.87. The third-order valence-corrected chi connectivity index (χ3v) is 7.86. The van der Waals surface area contributed by atoms with E-state index in [4.69, 9.17) is 22.0 Å². The van der Waals surface area contributed by atoms with Crippen molar-refractivity contribution in [3.8, 4) is 56.3 Å². The zero-order valence-corrected chi connectivity index (χ0v) is 31.2. The molecule has 5 aromatic rings. The number of halogens is 2. The van der Waals surface area contributed by atoms with E-state index < -0.39 is 20.8 Å². The van der Waals surface area contributed by atoms with Crippen LogP contribution in [0.25, 0.3) is 44.8 Å². The van der Waals surface area contributed by atoms with E-state index in [-0.39, 0.29) is 10.8 Å². The number of benzene rings is 4. The average molecular weight is 718 g/mol. The van der Waals surface area contributed by atoms with Crippen LogP contribution >= 0.6 is 17.0 Å². The molecule has 0 spiro atoms. The number of nitrogens with zero attached hydrogens (tertiary/aromatic N) is 1. The Kier molecular flexibility index (Phi) is 11.1. The molecule has 6 heteroatoms. The fourth-order valence-electron chi connectivity index (χ4n) is 5.73. The van der Waals surface area contributed by atoms with Gasteiger partial charge in [0.2, 0.25) is 0 Å². The van der Waals surface area contributed by atoms with E-state index in [1.807, 2.05) is 42.5 Å². The van der Waals surface area contributed by atoms with E-state index in [2.05, 4.69) is 104 Å². The van der Waals surface area contributed by atoms with Crippen molar-refractivity contribution in [1.29, 1.82) is 0 Å². The molecule has 0 atom stereocenters. The second-order valence-corrected chi connectivity index (χ2v) is 17.2. The molecule has 45 heavy (non-hydrogen) atoms. The van der Waals surface area contributed by atoms with Crippen LogP contribution in [-0.4, -0.2) is 15.2 Å². The van der Waals surface area contributed by atoms with Crippen molar-refractivity contribution >= 4 is 17.0 Å². The Morgan fingerprint density at radius 1 is 0.511 bits per heavy atom. The van der Waals surface area contributed by atoms with Gasteiger partial charge in [0, 0.05) is 33.4 Å². The van der Waals surface area contributed by atoms with E-state index in [0.717, 1.165) is 67.0 Å². The third kappa shape index (κ3) is 7.91. The van der Waals surface area contributed by atoms with Crippen molar-refractivity contribution in [1.82, 2.24) is 4.98 Å². The quantitative estimate of drug-likeness (QED) is 0.195. The number of rotatable bonds is 4. The molecule has 2 N–H and O–H groups in total. The van der Waals surface area contributed by atoms with Crippen LogP contribution in [0.5, 0.6) is 11.5 Å². The van der Waals surface area contributed by atoms with Gasteiger partial charge in [0.15, 0.2) is 0 Å². The molecule has 0 aliphatic carbocycles. The SMILES string of the molecule is Cc1cc(-c2ccccc2-c2cccc(-c3ccccc3-c3cc(C)cc(C(C)(C)C)c3O)n2)c(O)c(C(C)(C)C)c1.[Cl][Zr][Cl]. The number of aryl methyl sites for hydroxylation is 2. The van der Waals surface area contributed by atoms with E-state index >= 15 is 0 Å². The van der Waals surface area contributed by atoms with Gasteiger partial charge in [-0.1, -0.05) is 108 Å². The number of aromatic nitrogens is 1. The summed E-state index contributed by atoms with van der Waals surface area (Å²) in [5, 5.41) is 22.9. The summed E-state index contributed by atoms with van der Waals surface area (Å²) in [6.45, 7) is 16.9. The molecule has 0 aliphatic heterocycles. The summed E-state index contributed by atoms with van der Waals surface area (Å²) in [5.41, 5.74) is 10.7. The van der Waals surface area contributed by atoms with E-state index in [0.29, 0.717) is 11.5 Å². The van der Waals surface area contributed by atoms with E-state index in [1.54, 1.807) is 0 Å². The second-order valence-electron chi connectivity index (χ2n) is 13.5. The molecule has 3 nitrogen and oxygen atoms in total. The van der Waals surface area contributed by atoms with Crippen molar-refractivity contribution in [2.75, 3.05) is 0 Å². The van der Waals surface area contributed by atoms with Crippen LogP contribution in [0.1, 0.15) is 63.8 Å². The summed E-state index contributed by atoms with van der Waals surface area (Å²) in [5.74, 6) is 0.623. The number of aromatic hydroxyl groups is 2. The van der Waals surface area contributed by atoms with Crippen LogP contribution in [-0.2, 0) is 31.7 Å². The van der Waals surface area contributed by atoms with Crippen molar-refractivity contribution in [3.05, 3.63) is 113 Å². The standard InChI is InChI=1S/C39H41NO2.2ClH.Zr/c1-24-20-30(36(41)32(22-24)38(3,4)5)26-14-9-11-16-28(26)34-18-13-19-35(40-34)29-17-12-10-15-27(29)31-21-25(2)23-33(37(31)42)39(6,7)8;;;/h9-23,41-42H,1-8H3;2*1H;/q;;;+2/p-2. The Labute approximate surface area is 287 Å². The Balaban J connectivity index is 0.00000148. The molecule has 0 bridgehead atoms. The second kappa shape index (κ2) is 14.2. The first-order chi connectivity index (χ1) is 21.2. The number of phenols is 2. The van der Waals surface area contributed by atoms with Gasteiger partial charge in [-0.3, -0.25) is 0 Å². The van der Waals surface area contributed by atoms with Crippen molar-refractivity contribution < 1.29 is 31.1 Å². The van der Waals surface area contributed by atoms with Gasteiger partial charge in [0.05, 0.1) is 11.4 Å². The van der Waals surface area contributed by atoms with E-state index in [1.165, 1.54) is 0 Å². The fourth-order valence-corrected chi connectivity index (χ4v) is 5.73. The number of hydrogen-bond donors (Lipinski definition) is 2. The van der Waals surface area contributed by atoms with Crippen LogP contribution in [0.15, 0.2) is 91.0 Å². The predicted molar refractivity (Wildman–Crippen MR) is 188 cm³/mol. The summed E-state index contributed by atoms with van der Waals surface area (Å²) < 4.78 is 0. The van der Waals surface area contributed by atoms with Crippen LogP contribution in [0.4, 0.5) is 0 Å². The third-order valence-electron chi connectivity index (χ3n) is 7.86. The summed E-state index contributed by atoms with van der Waals surface area (Å²) in [6, 6.07) is 30.6. The van der Waals surface area contributed by atoms with Gasteiger partial charge in [-0.05, 0) is 71.2 Å². The molecule has 0 radical (unpaired) electrons. The molecule has 0 saturated carbocycles. The summed E-state index contributed by atoms with van der Waals surface area (Å²) >= 11 is -0.826. The van der Waals surface area contributed by atoms with Gasteiger partial charge >= 0.3 is 37.9 Å². The van der Waals surface area contributed by atoms with Gasteiger partial charge < -0.3 is 10.2 Å². The first kappa shape index (κ1) is 35.0. The van der Waals surface area contributed by atoms with Crippen LogP contribution in [0.2, 0.25) is 0 Å². The van der Waals surface area contributed by atoms with E-state index in [9.17, 15) is 10.2 Å². The van der Waals surface area contributed by atoms with Crippen molar-refractivity contribution in [2.45, 2.75) is 66.2 Å². The van der Waals surface area contributed by atoms with Gasteiger partial charge in [0.1, 0.15) is 11.5 Å². The predicted octanol–water partition coefficient (Wildman–Crippen LogP) is 11.7. The zero-order chi connectivity index (χ0) is 33.1. The number of phenolic OH excluding ortho intramolecular Hbond substituents is 2. The molecule has 0 aliphatic rings. The molecule has 0 amide bonds. The van der Waals surface area contributed by atoms with Crippen LogP contribution in [0, 0.1) is 13.8 Å². The molecule has 4 aromatic carbocycles. The zero-order valence-electron chi connectivity index (χ0n) is 27.3. The molecule has 232 valence electrons. The summed E-state index contributed by atoms with van der Waals surface area (Å²) in [4.78, 5) is 5.17. The van der Waals surface area contributed by atoms with Crippen molar-refractivity contribution in [3.63, 3.8) is 0 Å². The number of pyridine rings is 1. The molecule has 0 unspecified atom stereocenters. The van der Waals surface area contributed by atoms with Gasteiger partial charge in [-0.2, -0.15) is 0 Å². The molecule has 1 aromatic heterocycles. The average Bonchev–Trinajstić information content (AvgIpc) is 2.98. The Hall–Kier alpha value is -2.91. The maximum atomic E-state index is 11.5.